The van der Waals surface area contributed by atoms with Gasteiger partial charge in [-0.1, -0.05) is 31.6 Å². The third kappa shape index (κ3) is 3.40. The standard InChI is InChI=1S/C23H32N2O6/c1-3-4-11-24-12-7-10-23-16(17-21(29)30-15-8-9-22(17,2)31-23)19(27)25(13-5-6-14-26)18(23)20(24)28/h7-10,16-18,26H,3-6,11-15H2,1-2H3/t16-,17-,18?,22+,23-/m0/s1. The van der Waals surface area contributed by atoms with Crippen molar-refractivity contribution in [1.29, 1.82) is 0 Å². The molecule has 1 unspecified atom stereocenters. The molecule has 5 atom stereocenters. The maximum atomic E-state index is 13.7. The maximum absolute atomic E-state index is 13.7. The highest BCUT2D eigenvalue weighted by Gasteiger charge is 2.74. The number of cyclic esters (lactones) is 1. The molecule has 1 spiro atoms. The lowest BCUT2D eigenvalue weighted by atomic mass is 9.75. The SMILES string of the molecule is CCCCN1CC=C[C@]23O[C@]4(C)C=CCOC(=O)[C@@H]4[C@H]2C(=O)N(CCCCO)C3C1=O. The maximum Gasteiger partial charge on any atom is 0.313 e. The van der Waals surface area contributed by atoms with E-state index in [1.165, 1.54) is 0 Å². The first-order valence-corrected chi connectivity index (χ1v) is 11.3. The third-order valence-corrected chi connectivity index (χ3v) is 6.98. The molecule has 0 radical (unpaired) electrons. The number of likely N-dealkylation sites (tertiary alicyclic amines) is 1. The molecule has 2 saturated heterocycles. The van der Waals surface area contributed by atoms with E-state index in [1.54, 1.807) is 28.9 Å². The predicted molar refractivity (Wildman–Crippen MR) is 112 cm³/mol. The predicted octanol–water partition coefficient (Wildman–Crippen LogP) is 1.04. The van der Waals surface area contributed by atoms with Crippen molar-refractivity contribution < 1.29 is 29.0 Å². The summed E-state index contributed by atoms with van der Waals surface area (Å²) in [4.78, 5) is 43.8. The fourth-order valence-corrected chi connectivity index (χ4v) is 5.59. The number of carbonyl (C=O) groups excluding carboxylic acids is 3. The van der Waals surface area contributed by atoms with E-state index in [0.29, 0.717) is 32.5 Å². The van der Waals surface area contributed by atoms with Gasteiger partial charge in [-0.25, -0.2) is 0 Å². The van der Waals surface area contributed by atoms with Gasteiger partial charge in [0.1, 0.15) is 24.2 Å². The number of unbranched alkanes of at least 4 members (excludes halogenated alkanes) is 2. The minimum Gasteiger partial charge on any atom is -0.461 e. The van der Waals surface area contributed by atoms with Gasteiger partial charge in [-0.15, -0.1) is 0 Å². The number of ether oxygens (including phenoxy) is 2. The van der Waals surface area contributed by atoms with Gasteiger partial charge in [-0.2, -0.15) is 0 Å². The summed E-state index contributed by atoms with van der Waals surface area (Å²) in [7, 11) is 0. The van der Waals surface area contributed by atoms with Gasteiger partial charge in [-0.3, -0.25) is 14.4 Å². The second-order valence-corrected chi connectivity index (χ2v) is 9.03. The largest absolute Gasteiger partial charge is 0.461 e. The normalized spacial score (nSPS) is 36.7. The molecular weight excluding hydrogens is 400 g/mol. The molecule has 170 valence electrons. The zero-order valence-corrected chi connectivity index (χ0v) is 18.3. The molecule has 4 aliphatic heterocycles. The summed E-state index contributed by atoms with van der Waals surface area (Å²) < 4.78 is 11.9. The Morgan fingerprint density at radius 1 is 1.06 bits per heavy atom. The van der Waals surface area contributed by atoms with Gasteiger partial charge >= 0.3 is 5.97 Å². The lowest BCUT2D eigenvalue weighted by molar-refractivity contribution is -0.157. The molecule has 31 heavy (non-hydrogen) atoms. The second kappa shape index (κ2) is 8.39. The van der Waals surface area contributed by atoms with Crippen molar-refractivity contribution in [3.63, 3.8) is 0 Å². The minimum atomic E-state index is -1.21. The first kappa shape index (κ1) is 22.0. The number of aliphatic hydroxyl groups excluding tert-OH is 1. The molecule has 8 heteroatoms. The minimum absolute atomic E-state index is 0.0199. The second-order valence-electron chi connectivity index (χ2n) is 9.03. The van der Waals surface area contributed by atoms with E-state index in [0.717, 1.165) is 12.8 Å². The van der Waals surface area contributed by atoms with Crippen molar-refractivity contribution in [3.05, 3.63) is 24.3 Å². The summed E-state index contributed by atoms with van der Waals surface area (Å²) in [5.74, 6) is -2.50. The van der Waals surface area contributed by atoms with Crippen molar-refractivity contribution in [2.75, 3.05) is 32.8 Å². The van der Waals surface area contributed by atoms with Crippen molar-refractivity contribution in [2.45, 2.75) is 56.8 Å². The lowest BCUT2D eigenvalue weighted by Gasteiger charge is -2.37. The molecule has 2 amide bonds. The average Bonchev–Trinajstić information content (AvgIpc) is 2.99. The van der Waals surface area contributed by atoms with E-state index in [4.69, 9.17) is 9.47 Å². The van der Waals surface area contributed by atoms with Crippen LogP contribution in [0.5, 0.6) is 0 Å². The molecule has 0 aromatic heterocycles. The average molecular weight is 433 g/mol. The summed E-state index contributed by atoms with van der Waals surface area (Å²) in [6.07, 6.45) is 10.2. The monoisotopic (exact) mass is 432 g/mol. The van der Waals surface area contributed by atoms with Crippen LogP contribution in [-0.2, 0) is 23.9 Å². The zero-order valence-electron chi connectivity index (χ0n) is 18.3. The molecule has 1 N–H and O–H groups in total. The number of hydrogen-bond donors (Lipinski definition) is 1. The summed E-state index contributed by atoms with van der Waals surface area (Å²) in [5, 5.41) is 9.21. The first-order valence-electron chi connectivity index (χ1n) is 11.3. The van der Waals surface area contributed by atoms with Gasteiger partial charge < -0.3 is 24.4 Å². The molecule has 4 heterocycles. The van der Waals surface area contributed by atoms with Crippen molar-refractivity contribution in [1.82, 2.24) is 9.80 Å². The highest BCUT2D eigenvalue weighted by atomic mass is 16.6. The van der Waals surface area contributed by atoms with Gasteiger partial charge in [0.25, 0.3) is 0 Å². The molecule has 0 aromatic carbocycles. The summed E-state index contributed by atoms with van der Waals surface area (Å²) in [5.41, 5.74) is -2.24. The number of carbonyl (C=O) groups is 3. The quantitative estimate of drug-likeness (QED) is 0.367. The van der Waals surface area contributed by atoms with Crippen molar-refractivity contribution in [2.24, 2.45) is 11.8 Å². The van der Waals surface area contributed by atoms with E-state index in [2.05, 4.69) is 6.92 Å². The molecule has 0 aromatic rings. The Bertz CT molecular complexity index is 810. The molecular formula is C23H32N2O6. The molecule has 0 bridgehead atoms. The Hall–Kier alpha value is -2.19. The van der Waals surface area contributed by atoms with Crippen LogP contribution >= 0.6 is 0 Å². The molecule has 4 aliphatic rings. The van der Waals surface area contributed by atoms with E-state index in [9.17, 15) is 19.5 Å². The Kier molecular flexibility index (Phi) is 5.96. The van der Waals surface area contributed by atoms with E-state index >= 15 is 0 Å². The van der Waals surface area contributed by atoms with Crippen LogP contribution in [-0.4, -0.2) is 82.8 Å². The molecule has 0 aliphatic carbocycles. The Balaban J connectivity index is 1.78. The number of rotatable bonds is 7. The zero-order chi connectivity index (χ0) is 22.2. The van der Waals surface area contributed by atoms with Gasteiger partial charge in [-0.05, 0) is 32.3 Å². The number of aliphatic hydroxyl groups is 1. The summed E-state index contributed by atoms with van der Waals surface area (Å²) in [6, 6.07) is -0.829. The summed E-state index contributed by atoms with van der Waals surface area (Å²) in [6.45, 7) is 5.43. The Morgan fingerprint density at radius 2 is 1.87 bits per heavy atom. The smallest absolute Gasteiger partial charge is 0.313 e. The fourth-order valence-electron chi connectivity index (χ4n) is 5.59. The van der Waals surface area contributed by atoms with Crippen LogP contribution < -0.4 is 0 Å². The Labute approximate surface area is 182 Å². The van der Waals surface area contributed by atoms with Gasteiger partial charge in [0.15, 0.2) is 0 Å². The van der Waals surface area contributed by atoms with Crippen LogP contribution in [0.3, 0.4) is 0 Å². The van der Waals surface area contributed by atoms with Crippen LogP contribution in [0, 0.1) is 11.8 Å². The van der Waals surface area contributed by atoms with E-state index in [-0.39, 0.29) is 25.0 Å². The van der Waals surface area contributed by atoms with E-state index in [1.807, 2.05) is 12.2 Å². The fraction of sp³-hybridized carbons (Fsp3) is 0.696. The van der Waals surface area contributed by atoms with Crippen molar-refractivity contribution >= 4 is 17.8 Å². The highest BCUT2D eigenvalue weighted by Crippen LogP contribution is 2.57. The van der Waals surface area contributed by atoms with Crippen LogP contribution in [0.25, 0.3) is 0 Å². The highest BCUT2D eigenvalue weighted by molar-refractivity contribution is 5.99. The first-order chi connectivity index (χ1) is 14.9. The number of nitrogens with zero attached hydrogens (tertiary/aromatic N) is 2. The van der Waals surface area contributed by atoms with Crippen LogP contribution in [0.2, 0.25) is 0 Å². The van der Waals surface area contributed by atoms with Crippen LogP contribution in [0.1, 0.15) is 39.5 Å². The van der Waals surface area contributed by atoms with Gasteiger partial charge in [0.2, 0.25) is 11.8 Å². The van der Waals surface area contributed by atoms with Gasteiger partial charge in [0.05, 0.1) is 11.5 Å². The summed E-state index contributed by atoms with van der Waals surface area (Å²) >= 11 is 0. The van der Waals surface area contributed by atoms with Crippen LogP contribution in [0.4, 0.5) is 0 Å². The third-order valence-electron chi connectivity index (χ3n) is 6.98. The molecule has 4 rings (SSSR count). The van der Waals surface area contributed by atoms with E-state index < -0.39 is 35.0 Å². The topological polar surface area (TPSA) is 96.4 Å². The lowest BCUT2D eigenvalue weighted by Crippen LogP contribution is -2.56. The number of fused-ring (bicyclic) bond motifs is 2. The molecule has 8 nitrogen and oxygen atoms in total. The number of amides is 2. The Morgan fingerprint density at radius 3 is 2.61 bits per heavy atom. The molecule has 2 fully saturated rings. The molecule has 0 saturated carbocycles. The van der Waals surface area contributed by atoms with Crippen LogP contribution in [0.15, 0.2) is 24.3 Å². The van der Waals surface area contributed by atoms with Crippen molar-refractivity contribution in [3.8, 4) is 0 Å². The van der Waals surface area contributed by atoms with Gasteiger partial charge in [0, 0.05) is 26.2 Å². The number of esters is 1. The number of hydrogen-bond acceptors (Lipinski definition) is 6.